The van der Waals surface area contributed by atoms with Crippen LogP contribution in [-0.2, 0) is 0 Å². The van der Waals surface area contributed by atoms with Crippen molar-refractivity contribution in [2.24, 2.45) is 5.73 Å². The third-order valence-electron chi connectivity index (χ3n) is 3.21. The zero-order valence-electron chi connectivity index (χ0n) is 11.2. The minimum Gasteiger partial charge on any atom is -0.324 e. The number of halogens is 1. The molecule has 1 fully saturated rings. The fourth-order valence-corrected chi connectivity index (χ4v) is 2.57. The van der Waals surface area contributed by atoms with Crippen molar-refractivity contribution in [1.82, 2.24) is 9.80 Å². The number of rotatable bonds is 5. The highest BCUT2D eigenvalue weighted by Crippen LogP contribution is 2.16. The van der Waals surface area contributed by atoms with Gasteiger partial charge < -0.3 is 5.73 Å². The third-order valence-corrected chi connectivity index (χ3v) is 3.21. The number of likely N-dealkylation sites (N-methyl/N-ethyl adjacent to an activating group) is 1. The van der Waals surface area contributed by atoms with Gasteiger partial charge in [-0.15, -0.1) is 12.4 Å². The SMILES string of the molecule is CCN(CC)C1CCN(CC(C)(C)N)C1.Cl. The van der Waals surface area contributed by atoms with Gasteiger partial charge >= 0.3 is 0 Å². The van der Waals surface area contributed by atoms with Crippen LogP contribution in [0.5, 0.6) is 0 Å². The van der Waals surface area contributed by atoms with Crippen LogP contribution in [0, 0.1) is 0 Å². The van der Waals surface area contributed by atoms with E-state index in [0.29, 0.717) is 0 Å². The van der Waals surface area contributed by atoms with Crippen molar-refractivity contribution in [2.45, 2.75) is 45.7 Å². The van der Waals surface area contributed by atoms with Gasteiger partial charge in [-0.3, -0.25) is 9.80 Å². The predicted molar refractivity (Wildman–Crippen MR) is 73.3 cm³/mol. The summed E-state index contributed by atoms with van der Waals surface area (Å²) >= 11 is 0. The van der Waals surface area contributed by atoms with E-state index >= 15 is 0 Å². The van der Waals surface area contributed by atoms with Crippen molar-refractivity contribution in [1.29, 1.82) is 0 Å². The molecule has 1 rings (SSSR count). The van der Waals surface area contributed by atoms with Crippen molar-refractivity contribution in [3.05, 3.63) is 0 Å². The molecule has 0 aromatic rings. The molecule has 0 aromatic heterocycles. The second-order valence-electron chi connectivity index (χ2n) is 5.39. The largest absolute Gasteiger partial charge is 0.324 e. The summed E-state index contributed by atoms with van der Waals surface area (Å²) in [5.74, 6) is 0. The number of nitrogens with two attached hydrogens (primary N) is 1. The molecule has 1 aliphatic heterocycles. The van der Waals surface area contributed by atoms with E-state index in [2.05, 4.69) is 37.5 Å². The average Bonchev–Trinajstić information content (AvgIpc) is 2.52. The van der Waals surface area contributed by atoms with Crippen LogP contribution in [-0.4, -0.2) is 54.1 Å². The van der Waals surface area contributed by atoms with Crippen LogP contribution in [0.1, 0.15) is 34.1 Å². The molecule has 1 aliphatic rings. The van der Waals surface area contributed by atoms with Crippen LogP contribution >= 0.6 is 12.4 Å². The van der Waals surface area contributed by atoms with Crippen LogP contribution in [0.2, 0.25) is 0 Å². The minimum absolute atomic E-state index is 0. The normalized spacial score (nSPS) is 22.5. The molecule has 4 heteroatoms. The zero-order valence-corrected chi connectivity index (χ0v) is 12.0. The number of hydrogen-bond donors (Lipinski definition) is 1. The van der Waals surface area contributed by atoms with Crippen molar-refractivity contribution in [2.75, 3.05) is 32.7 Å². The molecule has 0 amide bonds. The van der Waals surface area contributed by atoms with Crippen LogP contribution < -0.4 is 5.73 Å². The molecule has 0 aromatic carbocycles. The van der Waals surface area contributed by atoms with Crippen molar-refractivity contribution in [3.63, 3.8) is 0 Å². The zero-order chi connectivity index (χ0) is 11.5. The van der Waals surface area contributed by atoms with E-state index in [0.717, 1.165) is 12.6 Å². The molecule has 16 heavy (non-hydrogen) atoms. The average molecular weight is 250 g/mol. The predicted octanol–water partition coefficient (Wildman–Crippen LogP) is 1.56. The highest BCUT2D eigenvalue weighted by atomic mass is 35.5. The van der Waals surface area contributed by atoms with Crippen molar-refractivity contribution in [3.8, 4) is 0 Å². The Labute approximate surface area is 107 Å². The maximum atomic E-state index is 6.05. The quantitative estimate of drug-likeness (QED) is 0.803. The maximum absolute atomic E-state index is 6.05. The van der Waals surface area contributed by atoms with E-state index in [-0.39, 0.29) is 17.9 Å². The summed E-state index contributed by atoms with van der Waals surface area (Å²) in [4.78, 5) is 5.06. The molecule has 0 bridgehead atoms. The van der Waals surface area contributed by atoms with Crippen LogP contribution in [0.25, 0.3) is 0 Å². The van der Waals surface area contributed by atoms with Gasteiger partial charge in [0.15, 0.2) is 0 Å². The second kappa shape index (κ2) is 6.80. The Morgan fingerprint density at radius 2 is 1.88 bits per heavy atom. The minimum atomic E-state index is -0.0574. The fourth-order valence-electron chi connectivity index (χ4n) is 2.57. The Morgan fingerprint density at radius 1 is 1.31 bits per heavy atom. The molecular formula is C12H28ClN3. The molecule has 1 heterocycles. The van der Waals surface area contributed by atoms with Crippen molar-refractivity contribution >= 4 is 12.4 Å². The molecule has 2 N–H and O–H groups in total. The van der Waals surface area contributed by atoms with Gasteiger partial charge in [-0.1, -0.05) is 13.8 Å². The summed E-state index contributed by atoms with van der Waals surface area (Å²) < 4.78 is 0. The molecule has 1 saturated heterocycles. The summed E-state index contributed by atoms with van der Waals surface area (Å²) in [6.45, 7) is 14.5. The van der Waals surface area contributed by atoms with E-state index in [1.165, 1.54) is 32.6 Å². The van der Waals surface area contributed by atoms with E-state index in [1.807, 2.05) is 0 Å². The standard InChI is InChI=1S/C12H27N3.ClH/c1-5-15(6-2)11-7-8-14(9-11)10-12(3,4)13;/h11H,5-10,13H2,1-4H3;1H. The molecule has 3 nitrogen and oxygen atoms in total. The Kier molecular flexibility index (Phi) is 6.87. The maximum Gasteiger partial charge on any atom is 0.0235 e. The summed E-state index contributed by atoms with van der Waals surface area (Å²) in [6.07, 6.45) is 1.30. The fraction of sp³-hybridized carbons (Fsp3) is 1.00. The van der Waals surface area contributed by atoms with Gasteiger partial charge in [0.1, 0.15) is 0 Å². The first-order valence-corrected chi connectivity index (χ1v) is 6.21. The van der Waals surface area contributed by atoms with Crippen LogP contribution in [0.15, 0.2) is 0 Å². The molecule has 0 spiro atoms. The first-order valence-electron chi connectivity index (χ1n) is 6.21. The molecule has 0 radical (unpaired) electrons. The number of hydrogen-bond acceptors (Lipinski definition) is 3. The molecular weight excluding hydrogens is 222 g/mol. The first kappa shape index (κ1) is 16.2. The van der Waals surface area contributed by atoms with Gasteiger partial charge in [0.05, 0.1) is 0 Å². The molecule has 0 aliphatic carbocycles. The second-order valence-corrected chi connectivity index (χ2v) is 5.39. The molecule has 1 atom stereocenters. The van der Waals surface area contributed by atoms with Gasteiger partial charge in [0, 0.05) is 24.7 Å². The highest BCUT2D eigenvalue weighted by molar-refractivity contribution is 5.85. The lowest BCUT2D eigenvalue weighted by atomic mass is 10.1. The van der Waals surface area contributed by atoms with E-state index < -0.39 is 0 Å². The first-order chi connectivity index (χ1) is 6.96. The van der Waals surface area contributed by atoms with Gasteiger partial charge in [0.2, 0.25) is 0 Å². The Balaban J connectivity index is 0.00000225. The van der Waals surface area contributed by atoms with Crippen molar-refractivity contribution < 1.29 is 0 Å². The third kappa shape index (κ3) is 5.00. The lowest BCUT2D eigenvalue weighted by molar-refractivity contribution is 0.200. The van der Waals surface area contributed by atoms with Gasteiger partial charge in [-0.05, 0) is 39.9 Å². The Morgan fingerprint density at radius 3 is 2.31 bits per heavy atom. The Hall–Kier alpha value is 0.170. The van der Waals surface area contributed by atoms with Crippen LogP contribution in [0.4, 0.5) is 0 Å². The van der Waals surface area contributed by atoms with Gasteiger partial charge in [-0.2, -0.15) is 0 Å². The Bertz CT molecular complexity index is 187. The van der Waals surface area contributed by atoms with E-state index in [4.69, 9.17) is 5.73 Å². The molecule has 1 unspecified atom stereocenters. The topological polar surface area (TPSA) is 32.5 Å². The number of likely N-dealkylation sites (tertiary alicyclic amines) is 1. The summed E-state index contributed by atoms with van der Waals surface area (Å²) in [5, 5.41) is 0. The van der Waals surface area contributed by atoms with Crippen LogP contribution in [0.3, 0.4) is 0 Å². The lowest BCUT2D eigenvalue weighted by Gasteiger charge is -2.29. The summed E-state index contributed by atoms with van der Waals surface area (Å²) in [6, 6.07) is 0.752. The van der Waals surface area contributed by atoms with Gasteiger partial charge in [-0.25, -0.2) is 0 Å². The monoisotopic (exact) mass is 249 g/mol. The highest BCUT2D eigenvalue weighted by Gasteiger charge is 2.28. The van der Waals surface area contributed by atoms with E-state index in [9.17, 15) is 0 Å². The summed E-state index contributed by atoms with van der Waals surface area (Å²) in [7, 11) is 0. The smallest absolute Gasteiger partial charge is 0.0235 e. The molecule has 98 valence electrons. The number of nitrogens with zero attached hydrogens (tertiary/aromatic N) is 2. The van der Waals surface area contributed by atoms with E-state index in [1.54, 1.807) is 0 Å². The lowest BCUT2D eigenvalue weighted by Crippen LogP contribution is -2.45. The van der Waals surface area contributed by atoms with Gasteiger partial charge in [0.25, 0.3) is 0 Å². The summed E-state index contributed by atoms with van der Waals surface area (Å²) in [5.41, 5.74) is 5.99. The molecule has 0 saturated carbocycles.